The predicted octanol–water partition coefficient (Wildman–Crippen LogP) is 3.01. The first kappa shape index (κ1) is 19.1. The van der Waals surface area contributed by atoms with Gasteiger partial charge in [-0.2, -0.15) is 10.4 Å². The summed E-state index contributed by atoms with van der Waals surface area (Å²) in [5.74, 6) is -0.0434. The Morgan fingerprint density at radius 2 is 2.10 bits per heavy atom. The highest BCUT2D eigenvalue weighted by Crippen LogP contribution is 2.43. The Kier molecular flexibility index (Phi) is 4.18. The number of carbonyl (C=O) groups is 1. The van der Waals surface area contributed by atoms with Crippen molar-refractivity contribution in [3.8, 4) is 17.2 Å². The molecule has 2 bridgehead atoms. The molecule has 4 heterocycles. The van der Waals surface area contributed by atoms with Crippen molar-refractivity contribution in [3.63, 3.8) is 0 Å². The van der Waals surface area contributed by atoms with E-state index in [1.54, 1.807) is 20.3 Å². The maximum atomic E-state index is 14.3. The SMILES string of the molecule is CN1C(=O)c2ccc(F)cc2[C@H]2CCCN2c2cc(cnc2N)-c2c1nn(C)c2C#N. The average Bonchev–Trinajstić information content (AvgIpc) is 3.36. The molecule has 0 radical (unpaired) electrons. The van der Waals surface area contributed by atoms with Gasteiger partial charge in [0.25, 0.3) is 5.91 Å². The minimum absolute atomic E-state index is 0.214. The molecule has 1 aromatic carbocycles. The minimum atomic E-state index is -0.402. The molecule has 8 nitrogen and oxygen atoms in total. The summed E-state index contributed by atoms with van der Waals surface area (Å²) < 4.78 is 15.7. The lowest BCUT2D eigenvalue weighted by atomic mass is 9.97. The van der Waals surface area contributed by atoms with Crippen molar-refractivity contribution in [1.29, 1.82) is 5.26 Å². The predicted molar refractivity (Wildman–Crippen MR) is 114 cm³/mol. The van der Waals surface area contributed by atoms with Crippen molar-refractivity contribution in [2.24, 2.45) is 7.05 Å². The standard InChI is InChI=1S/C22H20FN7O/c1-28-21-19(18(10-24)29(2)27-21)12-8-17(20(25)26-11-12)30-7-3-4-16(30)15-9-13(23)5-6-14(15)22(28)31/h5-6,8-9,11,16H,3-4,7H2,1-2H3,(H2,25,26)/t16-/m1/s1. The van der Waals surface area contributed by atoms with Gasteiger partial charge in [0, 0.05) is 38.0 Å². The van der Waals surface area contributed by atoms with E-state index < -0.39 is 5.82 Å². The molecule has 0 aliphatic carbocycles. The fraction of sp³-hybridized carbons (Fsp3) is 0.273. The summed E-state index contributed by atoms with van der Waals surface area (Å²) in [6.45, 7) is 0.699. The first-order valence-electron chi connectivity index (χ1n) is 9.98. The number of amides is 1. The van der Waals surface area contributed by atoms with Crippen molar-refractivity contribution in [2.45, 2.75) is 18.9 Å². The number of hydrogen-bond donors (Lipinski definition) is 1. The second-order valence-electron chi connectivity index (χ2n) is 7.86. The molecule has 2 N–H and O–H groups in total. The maximum Gasteiger partial charge on any atom is 0.259 e. The van der Waals surface area contributed by atoms with Crippen molar-refractivity contribution in [2.75, 3.05) is 29.1 Å². The van der Waals surface area contributed by atoms with Gasteiger partial charge >= 0.3 is 0 Å². The quantitative estimate of drug-likeness (QED) is 0.603. The number of aryl methyl sites for hydroxylation is 1. The number of nitriles is 1. The second-order valence-corrected chi connectivity index (χ2v) is 7.86. The molecule has 5 rings (SSSR count). The lowest BCUT2D eigenvalue weighted by Gasteiger charge is -2.29. The average molecular weight is 417 g/mol. The fourth-order valence-electron chi connectivity index (χ4n) is 4.63. The summed E-state index contributed by atoms with van der Waals surface area (Å²) in [7, 11) is 3.26. The highest BCUT2D eigenvalue weighted by atomic mass is 19.1. The van der Waals surface area contributed by atoms with Gasteiger partial charge < -0.3 is 10.6 Å². The Hall–Kier alpha value is -3.93. The molecule has 1 atom stereocenters. The van der Waals surface area contributed by atoms with Crippen LogP contribution in [0.1, 0.15) is 40.5 Å². The van der Waals surface area contributed by atoms with Crippen LogP contribution in [-0.4, -0.2) is 34.3 Å². The summed E-state index contributed by atoms with van der Waals surface area (Å²) >= 11 is 0. The van der Waals surface area contributed by atoms with Crippen LogP contribution in [-0.2, 0) is 7.05 Å². The normalized spacial score (nSPS) is 17.5. The highest BCUT2D eigenvalue weighted by molar-refractivity contribution is 6.08. The second kappa shape index (κ2) is 6.80. The molecule has 0 spiro atoms. The molecular weight excluding hydrogens is 397 g/mol. The van der Waals surface area contributed by atoms with Crippen LogP contribution in [0.2, 0.25) is 0 Å². The van der Waals surface area contributed by atoms with Crippen LogP contribution in [0.25, 0.3) is 11.1 Å². The molecule has 31 heavy (non-hydrogen) atoms. The highest BCUT2D eigenvalue weighted by Gasteiger charge is 2.35. The Morgan fingerprint density at radius 3 is 2.87 bits per heavy atom. The number of benzene rings is 1. The third-order valence-electron chi connectivity index (χ3n) is 6.11. The van der Waals surface area contributed by atoms with Gasteiger partial charge in [-0.05, 0) is 42.7 Å². The Balaban J connectivity index is 1.87. The van der Waals surface area contributed by atoms with E-state index in [2.05, 4.69) is 21.1 Å². The third-order valence-corrected chi connectivity index (χ3v) is 6.11. The molecule has 1 saturated heterocycles. The molecule has 156 valence electrons. The summed E-state index contributed by atoms with van der Waals surface area (Å²) in [5.41, 5.74) is 9.42. The van der Waals surface area contributed by atoms with Crippen LogP contribution in [0.15, 0.2) is 30.5 Å². The van der Waals surface area contributed by atoms with E-state index in [4.69, 9.17) is 5.73 Å². The first-order valence-corrected chi connectivity index (χ1v) is 9.98. The van der Waals surface area contributed by atoms with Crippen molar-refractivity contribution in [3.05, 3.63) is 53.1 Å². The monoisotopic (exact) mass is 417 g/mol. The summed E-state index contributed by atoms with van der Waals surface area (Å²) in [6, 6.07) is 8.08. The van der Waals surface area contributed by atoms with Crippen molar-refractivity contribution >= 4 is 23.2 Å². The number of halogens is 1. The van der Waals surface area contributed by atoms with Crippen LogP contribution in [0.4, 0.5) is 21.7 Å². The number of hydrogen-bond acceptors (Lipinski definition) is 6. The zero-order valence-electron chi connectivity index (χ0n) is 17.1. The van der Waals surface area contributed by atoms with Gasteiger partial charge in [0.2, 0.25) is 0 Å². The molecular formula is C22H20FN7O. The fourth-order valence-corrected chi connectivity index (χ4v) is 4.63. The molecule has 2 aliphatic heterocycles. The minimum Gasteiger partial charge on any atom is -0.382 e. The molecule has 9 heteroatoms. The molecule has 1 amide bonds. The number of fused-ring (bicyclic) bond motifs is 8. The number of nitrogens with two attached hydrogens (primary N) is 1. The first-order chi connectivity index (χ1) is 14.9. The Morgan fingerprint density at radius 1 is 1.29 bits per heavy atom. The van der Waals surface area contributed by atoms with Gasteiger partial charge in [-0.1, -0.05) is 0 Å². The lowest BCUT2D eigenvalue weighted by Crippen LogP contribution is -2.30. The maximum absolute atomic E-state index is 14.3. The van der Waals surface area contributed by atoms with Gasteiger partial charge in [0.05, 0.1) is 17.3 Å². The summed E-state index contributed by atoms with van der Waals surface area (Å²) in [6.07, 6.45) is 3.22. The van der Waals surface area contributed by atoms with E-state index in [0.29, 0.717) is 51.8 Å². The molecule has 2 aromatic heterocycles. The van der Waals surface area contributed by atoms with E-state index in [1.807, 2.05) is 6.07 Å². The van der Waals surface area contributed by atoms with E-state index in [0.717, 1.165) is 12.8 Å². The van der Waals surface area contributed by atoms with E-state index in [-0.39, 0.29) is 11.9 Å². The van der Waals surface area contributed by atoms with Gasteiger partial charge in [-0.25, -0.2) is 9.37 Å². The number of rotatable bonds is 0. The zero-order valence-corrected chi connectivity index (χ0v) is 17.1. The van der Waals surface area contributed by atoms with Crippen molar-refractivity contribution in [1.82, 2.24) is 14.8 Å². The number of pyridine rings is 1. The topological polar surface area (TPSA) is 104 Å². The zero-order chi connectivity index (χ0) is 21.9. The van der Waals surface area contributed by atoms with Crippen LogP contribution >= 0.6 is 0 Å². The van der Waals surface area contributed by atoms with E-state index in [9.17, 15) is 14.4 Å². The Bertz CT molecular complexity index is 1280. The van der Waals surface area contributed by atoms with Crippen LogP contribution < -0.4 is 15.5 Å². The molecule has 1 fully saturated rings. The lowest BCUT2D eigenvalue weighted by molar-refractivity contribution is 0.0991. The molecule has 0 unspecified atom stereocenters. The van der Waals surface area contributed by atoms with Gasteiger partial charge in [0.15, 0.2) is 5.82 Å². The number of nitrogen functional groups attached to an aromatic ring is 1. The third kappa shape index (κ3) is 2.75. The number of aromatic nitrogens is 3. The summed E-state index contributed by atoms with van der Waals surface area (Å²) in [5, 5.41) is 14.2. The molecule has 3 aromatic rings. The molecule has 2 aliphatic rings. The van der Waals surface area contributed by atoms with E-state index >= 15 is 0 Å². The van der Waals surface area contributed by atoms with Crippen LogP contribution in [0.5, 0.6) is 0 Å². The van der Waals surface area contributed by atoms with Gasteiger partial charge in [-0.15, -0.1) is 0 Å². The van der Waals surface area contributed by atoms with Crippen LogP contribution in [0.3, 0.4) is 0 Å². The number of nitrogens with zero attached hydrogens (tertiary/aromatic N) is 6. The van der Waals surface area contributed by atoms with Gasteiger partial charge in [0.1, 0.15) is 23.4 Å². The number of carbonyl (C=O) groups excluding carboxylic acids is 1. The van der Waals surface area contributed by atoms with Crippen molar-refractivity contribution < 1.29 is 9.18 Å². The molecule has 0 saturated carbocycles. The Labute approximate surface area is 178 Å². The van der Waals surface area contributed by atoms with Crippen LogP contribution in [0, 0.1) is 17.1 Å². The number of anilines is 3. The van der Waals surface area contributed by atoms with E-state index in [1.165, 1.54) is 27.8 Å². The summed E-state index contributed by atoms with van der Waals surface area (Å²) in [4.78, 5) is 21.4. The smallest absolute Gasteiger partial charge is 0.259 e. The largest absolute Gasteiger partial charge is 0.382 e. The van der Waals surface area contributed by atoms with Gasteiger partial charge in [-0.3, -0.25) is 14.4 Å².